The molecule has 1 fully saturated rings. The molecule has 3 heteroatoms. The second-order valence-electron chi connectivity index (χ2n) is 6.49. The van der Waals surface area contributed by atoms with Crippen LogP contribution in [-0.2, 0) is 6.54 Å². The van der Waals surface area contributed by atoms with Gasteiger partial charge in [0.1, 0.15) is 0 Å². The molecule has 1 aliphatic carbocycles. The minimum Gasteiger partial charge on any atom is -0.388 e. The van der Waals surface area contributed by atoms with Crippen LogP contribution in [0.3, 0.4) is 0 Å². The van der Waals surface area contributed by atoms with E-state index in [0.717, 1.165) is 38.8 Å². The molecule has 2 rings (SSSR count). The smallest absolute Gasteiger partial charge is 0.0821 e. The Morgan fingerprint density at radius 1 is 1.20 bits per heavy atom. The van der Waals surface area contributed by atoms with Crippen LogP contribution >= 0.6 is 0 Å². The van der Waals surface area contributed by atoms with E-state index in [1.54, 1.807) is 0 Å². The Morgan fingerprint density at radius 3 is 2.35 bits per heavy atom. The van der Waals surface area contributed by atoms with Crippen molar-refractivity contribution in [2.75, 3.05) is 18.5 Å². The maximum absolute atomic E-state index is 10.5. The highest BCUT2D eigenvalue weighted by Gasteiger charge is 2.32. The van der Waals surface area contributed by atoms with Crippen molar-refractivity contribution in [3.8, 4) is 0 Å². The highest BCUT2D eigenvalue weighted by atomic mass is 16.3. The molecule has 1 aliphatic rings. The Balaban J connectivity index is 1.91. The summed E-state index contributed by atoms with van der Waals surface area (Å²) in [6, 6.07) is 9.14. The van der Waals surface area contributed by atoms with Gasteiger partial charge in [0.2, 0.25) is 0 Å². The molecule has 0 heterocycles. The SMILES string of the molecule is CC(C)NCc1ccc(N(C)CC2(O)CCCC2)cc1. The minimum atomic E-state index is -0.480. The molecule has 2 N–H and O–H groups in total. The van der Waals surface area contributed by atoms with Gasteiger partial charge in [-0.25, -0.2) is 0 Å². The Morgan fingerprint density at radius 2 is 1.80 bits per heavy atom. The maximum Gasteiger partial charge on any atom is 0.0821 e. The summed E-state index contributed by atoms with van der Waals surface area (Å²) in [6.07, 6.45) is 4.19. The standard InChI is InChI=1S/C17H28N2O/c1-14(2)18-12-15-6-8-16(9-7-15)19(3)13-17(20)10-4-5-11-17/h6-9,14,18,20H,4-5,10-13H2,1-3H3. The Bertz CT molecular complexity index is 408. The fourth-order valence-corrected chi connectivity index (χ4v) is 2.91. The second-order valence-corrected chi connectivity index (χ2v) is 6.49. The molecule has 0 aromatic heterocycles. The van der Waals surface area contributed by atoms with E-state index in [-0.39, 0.29) is 0 Å². The fourth-order valence-electron chi connectivity index (χ4n) is 2.91. The Labute approximate surface area is 123 Å². The van der Waals surface area contributed by atoms with Crippen molar-refractivity contribution >= 4 is 5.69 Å². The third kappa shape index (κ3) is 4.22. The summed E-state index contributed by atoms with van der Waals surface area (Å²) in [4.78, 5) is 2.17. The van der Waals surface area contributed by atoms with Crippen LogP contribution < -0.4 is 10.2 Å². The van der Waals surface area contributed by atoms with E-state index in [9.17, 15) is 5.11 Å². The van der Waals surface area contributed by atoms with E-state index in [1.807, 2.05) is 0 Å². The minimum absolute atomic E-state index is 0.480. The van der Waals surface area contributed by atoms with Crippen LogP contribution in [0.15, 0.2) is 24.3 Å². The van der Waals surface area contributed by atoms with Gasteiger partial charge in [-0.2, -0.15) is 0 Å². The molecule has 3 nitrogen and oxygen atoms in total. The zero-order chi connectivity index (χ0) is 14.6. The molecule has 0 saturated heterocycles. The highest BCUT2D eigenvalue weighted by Crippen LogP contribution is 2.31. The first-order valence-corrected chi connectivity index (χ1v) is 7.74. The molecular weight excluding hydrogens is 248 g/mol. The molecular formula is C17H28N2O. The molecule has 0 aliphatic heterocycles. The molecule has 0 amide bonds. The number of nitrogens with zero attached hydrogens (tertiary/aromatic N) is 1. The summed E-state index contributed by atoms with van der Waals surface area (Å²) in [5, 5.41) is 13.9. The lowest BCUT2D eigenvalue weighted by molar-refractivity contribution is 0.0559. The molecule has 112 valence electrons. The third-order valence-corrected chi connectivity index (χ3v) is 4.16. The zero-order valence-corrected chi connectivity index (χ0v) is 13.0. The van der Waals surface area contributed by atoms with Crippen molar-refractivity contribution < 1.29 is 5.11 Å². The van der Waals surface area contributed by atoms with Crippen molar-refractivity contribution in [3.63, 3.8) is 0 Å². The van der Waals surface area contributed by atoms with Crippen LogP contribution in [0.1, 0.15) is 45.1 Å². The quantitative estimate of drug-likeness (QED) is 0.838. The van der Waals surface area contributed by atoms with E-state index in [1.165, 1.54) is 11.3 Å². The predicted molar refractivity (Wildman–Crippen MR) is 85.1 cm³/mol. The van der Waals surface area contributed by atoms with Crippen molar-refractivity contribution in [1.29, 1.82) is 0 Å². The topological polar surface area (TPSA) is 35.5 Å². The summed E-state index contributed by atoms with van der Waals surface area (Å²) in [5.41, 5.74) is 2.00. The monoisotopic (exact) mass is 276 g/mol. The number of likely N-dealkylation sites (N-methyl/N-ethyl adjacent to an activating group) is 1. The molecule has 20 heavy (non-hydrogen) atoms. The van der Waals surface area contributed by atoms with Crippen molar-refractivity contribution in [2.24, 2.45) is 0 Å². The van der Waals surface area contributed by atoms with Gasteiger partial charge in [-0.05, 0) is 30.5 Å². The molecule has 0 atom stereocenters. The second kappa shape index (κ2) is 6.59. The summed E-state index contributed by atoms with van der Waals surface area (Å²) in [6.45, 7) is 5.96. The van der Waals surface area contributed by atoms with Gasteiger partial charge in [0, 0.05) is 31.9 Å². The normalized spacial score (nSPS) is 17.6. The van der Waals surface area contributed by atoms with E-state index < -0.39 is 5.60 Å². The summed E-state index contributed by atoms with van der Waals surface area (Å²) in [5.74, 6) is 0. The predicted octanol–water partition coefficient (Wildman–Crippen LogP) is 2.93. The van der Waals surface area contributed by atoms with Gasteiger partial charge < -0.3 is 15.3 Å². The number of benzene rings is 1. The van der Waals surface area contributed by atoms with Crippen LogP contribution in [0.2, 0.25) is 0 Å². The first-order chi connectivity index (χ1) is 9.48. The molecule has 1 saturated carbocycles. The number of aliphatic hydroxyl groups is 1. The van der Waals surface area contributed by atoms with Crippen LogP contribution in [0.25, 0.3) is 0 Å². The first kappa shape index (κ1) is 15.3. The molecule has 0 unspecified atom stereocenters. The van der Waals surface area contributed by atoms with Crippen LogP contribution in [0, 0.1) is 0 Å². The van der Waals surface area contributed by atoms with Crippen molar-refractivity contribution in [3.05, 3.63) is 29.8 Å². The maximum atomic E-state index is 10.5. The van der Waals surface area contributed by atoms with Gasteiger partial charge in [0.15, 0.2) is 0 Å². The average Bonchev–Trinajstić information content (AvgIpc) is 2.83. The van der Waals surface area contributed by atoms with Gasteiger partial charge in [-0.1, -0.05) is 38.8 Å². The van der Waals surface area contributed by atoms with Crippen LogP contribution in [-0.4, -0.2) is 30.3 Å². The molecule has 0 bridgehead atoms. The Kier molecular flexibility index (Phi) is 5.06. The van der Waals surface area contributed by atoms with E-state index >= 15 is 0 Å². The number of nitrogens with one attached hydrogen (secondary N) is 1. The van der Waals surface area contributed by atoms with Gasteiger partial charge in [-0.15, -0.1) is 0 Å². The molecule has 1 aromatic rings. The molecule has 1 aromatic carbocycles. The zero-order valence-electron chi connectivity index (χ0n) is 13.0. The summed E-state index contributed by atoms with van der Waals surface area (Å²) in [7, 11) is 2.07. The average molecular weight is 276 g/mol. The van der Waals surface area contributed by atoms with Gasteiger partial charge >= 0.3 is 0 Å². The number of rotatable bonds is 6. The van der Waals surface area contributed by atoms with Crippen LogP contribution in [0.4, 0.5) is 5.69 Å². The number of hydrogen-bond donors (Lipinski definition) is 2. The van der Waals surface area contributed by atoms with E-state index in [4.69, 9.17) is 0 Å². The number of anilines is 1. The highest BCUT2D eigenvalue weighted by molar-refractivity contribution is 5.47. The molecule has 0 radical (unpaired) electrons. The fraction of sp³-hybridized carbons (Fsp3) is 0.647. The largest absolute Gasteiger partial charge is 0.388 e. The Hall–Kier alpha value is -1.06. The molecule has 0 spiro atoms. The van der Waals surface area contributed by atoms with Crippen LogP contribution in [0.5, 0.6) is 0 Å². The lowest BCUT2D eigenvalue weighted by Crippen LogP contribution is -2.39. The first-order valence-electron chi connectivity index (χ1n) is 7.74. The van der Waals surface area contributed by atoms with E-state index in [2.05, 4.69) is 55.4 Å². The van der Waals surface area contributed by atoms with Crippen molar-refractivity contribution in [2.45, 2.75) is 57.7 Å². The number of hydrogen-bond acceptors (Lipinski definition) is 3. The third-order valence-electron chi connectivity index (χ3n) is 4.16. The van der Waals surface area contributed by atoms with E-state index in [0.29, 0.717) is 6.04 Å². The summed E-state index contributed by atoms with van der Waals surface area (Å²) < 4.78 is 0. The lowest BCUT2D eigenvalue weighted by atomic mass is 10.0. The lowest BCUT2D eigenvalue weighted by Gasteiger charge is -2.30. The summed E-state index contributed by atoms with van der Waals surface area (Å²) >= 11 is 0. The van der Waals surface area contributed by atoms with Gasteiger partial charge in [0.25, 0.3) is 0 Å². The van der Waals surface area contributed by atoms with Crippen molar-refractivity contribution in [1.82, 2.24) is 5.32 Å². The van der Waals surface area contributed by atoms with Gasteiger partial charge in [0.05, 0.1) is 5.60 Å². The van der Waals surface area contributed by atoms with Gasteiger partial charge in [-0.3, -0.25) is 0 Å².